The van der Waals surface area contributed by atoms with Gasteiger partial charge >= 0.3 is 0 Å². The highest BCUT2D eigenvalue weighted by atomic mass is 32.2. The Morgan fingerprint density at radius 2 is 1.75 bits per heavy atom. The zero-order chi connectivity index (χ0) is 11.8. The van der Waals surface area contributed by atoms with Gasteiger partial charge in [0.25, 0.3) is 0 Å². The number of thioether (sulfide) groups is 1. The van der Waals surface area contributed by atoms with Gasteiger partial charge in [0.05, 0.1) is 20.8 Å². The second kappa shape index (κ2) is 7.68. The second-order valence-corrected chi connectivity index (χ2v) is 4.59. The first kappa shape index (κ1) is 13.5. The van der Waals surface area contributed by atoms with Gasteiger partial charge in [-0.05, 0) is 29.9 Å². The van der Waals surface area contributed by atoms with E-state index in [-0.39, 0.29) is 0 Å². The molecule has 16 heavy (non-hydrogen) atoms. The van der Waals surface area contributed by atoms with Crippen LogP contribution in [-0.4, -0.2) is 31.7 Å². The Labute approximate surface area is 102 Å². The van der Waals surface area contributed by atoms with Crippen LogP contribution in [0.3, 0.4) is 0 Å². The Morgan fingerprint density at radius 3 is 2.25 bits per heavy atom. The van der Waals surface area contributed by atoms with Gasteiger partial charge < -0.3 is 0 Å². The van der Waals surface area contributed by atoms with Crippen molar-refractivity contribution in [3.8, 4) is 0 Å². The zero-order valence-electron chi connectivity index (χ0n) is 10.1. The summed E-state index contributed by atoms with van der Waals surface area (Å²) >= 11 is 1.86. The summed E-state index contributed by atoms with van der Waals surface area (Å²) in [5, 5.41) is 1.47. The minimum Gasteiger partial charge on any atom is -0.278 e. The molecule has 0 spiro atoms. The van der Waals surface area contributed by atoms with Crippen molar-refractivity contribution in [1.82, 2.24) is 5.23 Å². The topological polar surface area (TPSA) is 21.7 Å². The lowest BCUT2D eigenvalue weighted by Gasteiger charge is -2.15. The summed E-state index contributed by atoms with van der Waals surface area (Å²) in [6.07, 6.45) is 0.915. The van der Waals surface area contributed by atoms with E-state index in [0.717, 1.165) is 18.7 Å². The van der Waals surface area contributed by atoms with Crippen molar-refractivity contribution >= 4 is 11.8 Å². The van der Waals surface area contributed by atoms with Gasteiger partial charge in [-0.2, -0.15) is 0 Å². The van der Waals surface area contributed by atoms with E-state index in [4.69, 9.17) is 9.68 Å². The van der Waals surface area contributed by atoms with Crippen LogP contribution < -0.4 is 0 Å². The summed E-state index contributed by atoms with van der Waals surface area (Å²) < 4.78 is 0. The molecule has 0 N–H and O–H groups in total. The van der Waals surface area contributed by atoms with E-state index in [2.05, 4.69) is 31.2 Å². The number of benzene rings is 1. The quantitative estimate of drug-likeness (QED) is 0.540. The van der Waals surface area contributed by atoms with Crippen LogP contribution in [-0.2, 0) is 16.1 Å². The molecule has 0 heterocycles. The van der Waals surface area contributed by atoms with Crippen molar-refractivity contribution in [2.45, 2.75) is 18.2 Å². The SMILES string of the molecule is CCSc1ccc(CCN(OC)OC)cc1. The van der Waals surface area contributed by atoms with E-state index in [9.17, 15) is 0 Å². The lowest BCUT2D eigenvalue weighted by molar-refractivity contribution is -0.341. The summed E-state index contributed by atoms with van der Waals surface area (Å²) in [4.78, 5) is 11.3. The maximum Gasteiger partial charge on any atom is 0.0601 e. The normalized spacial score (nSPS) is 11.0. The largest absolute Gasteiger partial charge is 0.278 e. The molecule has 0 atom stereocenters. The molecule has 0 aliphatic heterocycles. The second-order valence-electron chi connectivity index (χ2n) is 3.25. The van der Waals surface area contributed by atoms with Crippen LogP contribution >= 0.6 is 11.8 Å². The van der Waals surface area contributed by atoms with Crippen LogP contribution in [0.2, 0.25) is 0 Å². The first-order valence-electron chi connectivity index (χ1n) is 5.37. The maximum absolute atomic E-state index is 4.99. The first-order chi connectivity index (χ1) is 7.80. The van der Waals surface area contributed by atoms with Crippen molar-refractivity contribution in [2.24, 2.45) is 0 Å². The van der Waals surface area contributed by atoms with E-state index in [1.165, 1.54) is 15.7 Å². The average molecular weight is 241 g/mol. The molecule has 0 radical (unpaired) electrons. The maximum atomic E-state index is 4.99. The molecule has 1 rings (SSSR count). The summed E-state index contributed by atoms with van der Waals surface area (Å²) in [7, 11) is 3.20. The molecule has 4 heteroatoms. The number of rotatable bonds is 7. The average Bonchev–Trinajstić information content (AvgIpc) is 2.33. The summed E-state index contributed by atoms with van der Waals surface area (Å²) in [5.41, 5.74) is 1.29. The Balaban J connectivity index is 2.42. The van der Waals surface area contributed by atoms with E-state index in [1.807, 2.05) is 11.8 Å². The van der Waals surface area contributed by atoms with Crippen molar-refractivity contribution < 1.29 is 9.68 Å². The Kier molecular flexibility index (Phi) is 6.49. The standard InChI is InChI=1S/C12H19NO2S/c1-4-16-12-7-5-11(6-8-12)9-10-13(14-2)15-3/h5-8H,4,9-10H2,1-3H3. The van der Waals surface area contributed by atoms with Crippen molar-refractivity contribution in [1.29, 1.82) is 0 Å². The Morgan fingerprint density at radius 1 is 1.12 bits per heavy atom. The van der Waals surface area contributed by atoms with Gasteiger partial charge in [0.1, 0.15) is 0 Å². The molecule has 0 amide bonds. The van der Waals surface area contributed by atoms with Crippen molar-refractivity contribution in [2.75, 3.05) is 26.5 Å². The molecule has 0 saturated carbocycles. The van der Waals surface area contributed by atoms with Crippen LogP contribution in [0.4, 0.5) is 0 Å². The van der Waals surface area contributed by atoms with Crippen molar-refractivity contribution in [3.05, 3.63) is 29.8 Å². The van der Waals surface area contributed by atoms with Gasteiger partial charge in [-0.15, -0.1) is 11.8 Å². The minimum absolute atomic E-state index is 0.729. The molecule has 0 aromatic heterocycles. The lowest BCUT2D eigenvalue weighted by atomic mass is 10.1. The number of nitrogens with zero attached hydrogens (tertiary/aromatic N) is 1. The summed E-state index contributed by atoms with van der Waals surface area (Å²) in [6, 6.07) is 8.63. The van der Waals surface area contributed by atoms with Gasteiger partial charge in [-0.3, -0.25) is 9.68 Å². The molecule has 1 aromatic carbocycles. The molecule has 0 saturated heterocycles. The molecule has 1 aromatic rings. The van der Waals surface area contributed by atoms with E-state index < -0.39 is 0 Å². The fourth-order valence-corrected chi connectivity index (χ4v) is 2.06. The summed E-state index contributed by atoms with van der Waals surface area (Å²) in [6.45, 7) is 2.89. The van der Waals surface area contributed by atoms with Crippen LogP contribution in [0.1, 0.15) is 12.5 Å². The highest BCUT2D eigenvalue weighted by Crippen LogP contribution is 2.17. The fraction of sp³-hybridized carbons (Fsp3) is 0.500. The third-order valence-electron chi connectivity index (χ3n) is 2.22. The molecule has 0 fully saturated rings. The smallest absolute Gasteiger partial charge is 0.0601 e. The molecular weight excluding hydrogens is 222 g/mol. The number of hydrogen-bond donors (Lipinski definition) is 0. The Bertz CT molecular complexity index is 286. The lowest BCUT2D eigenvalue weighted by Crippen LogP contribution is -2.23. The molecular formula is C12H19NO2S. The fourth-order valence-electron chi connectivity index (χ4n) is 1.40. The molecule has 0 aliphatic carbocycles. The highest BCUT2D eigenvalue weighted by Gasteiger charge is 2.02. The predicted octanol–water partition coefficient (Wildman–Crippen LogP) is 2.77. The van der Waals surface area contributed by atoms with Crippen LogP contribution in [0, 0.1) is 0 Å². The van der Waals surface area contributed by atoms with Gasteiger partial charge in [-0.1, -0.05) is 24.3 Å². The van der Waals surface area contributed by atoms with Gasteiger partial charge in [0.15, 0.2) is 0 Å². The summed E-state index contributed by atoms with van der Waals surface area (Å²) in [5.74, 6) is 1.11. The van der Waals surface area contributed by atoms with Gasteiger partial charge in [-0.25, -0.2) is 0 Å². The van der Waals surface area contributed by atoms with Crippen LogP contribution in [0.25, 0.3) is 0 Å². The molecule has 0 bridgehead atoms. The van der Waals surface area contributed by atoms with E-state index >= 15 is 0 Å². The Hall–Kier alpha value is -0.550. The van der Waals surface area contributed by atoms with E-state index in [1.54, 1.807) is 14.2 Å². The van der Waals surface area contributed by atoms with Crippen molar-refractivity contribution in [3.63, 3.8) is 0 Å². The number of hydroxylamine groups is 2. The van der Waals surface area contributed by atoms with Gasteiger partial charge in [0.2, 0.25) is 0 Å². The number of hydrogen-bond acceptors (Lipinski definition) is 4. The third-order valence-corrected chi connectivity index (χ3v) is 3.12. The van der Waals surface area contributed by atoms with Crippen LogP contribution in [0.15, 0.2) is 29.2 Å². The minimum atomic E-state index is 0.729. The first-order valence-corrected chi connectivity index (χ1v) is 6.36. The molecule has 0 aliphatic rings. The van der Waals surface area contributed by atoms with E-state index in [0.29, 0.717) is 0 Å². The molecule has 0 unspecified atom stereocenters. The molecule has 90 valence electrons. The highest BCUT2D eigenvalue weighted by molar-refractivity contribution is 7.99. The van der Waals surface area contributed by atoms with Crippen LogP contribution in [0.5, 0.6) is 0 Å². The molecule has 3 nitrogen and oxygen atoms in total. The zero-order valence-corrected chi connectivity index (χ0v) is 10.9. The monoisotopic (exact) mass is 241 g/mol. The van der Waals surface area contributed by atoms with Gasteiger partial charge in [0, 0.05) is 4.90 Å². The third kappa shape index (κ3) is 4.53. The predicted molar refractivity (Wildman–Crippen MR) is 67.3 cm³/mol.